The number of methoxy groups -OCH3 is 1. The summed E-state index contributed by atoms with van der Waals surface area (Å²) in [5, 5.41) is 61.9. The molecule has 3 heterocycles. The maximum Gasteiger partial charge on any atom is 0.317 e. The molecule has 334 valence electrons. The van der Waals surface area contributed by atoms with Crippen LogP contribution in [0.15, 0.2) is 0 Å². The van der Waals surface area contributed by atoms with E-state index in [0.717, 1.165) is 0 Å². The lowest BCUT2D eigenvalue weighted by atomic mass is 9.77. The van der Waals surface area contributed by atoms with Crippen LogP contribution < -0.4 is 5.32 Å². The quantitative estimate of drug-likeness (QED) is 0.195. The molecule has 0 radical (unpaired) electrons. The normalized spacial score (nSPS) is 46.0. The lowest BCUT2D eigenvalue weighted by Crippen LogP contribution is -2.62. The summed E-state index contributed by atoms with van der Waals surface area (Å²) < 4.78 is 37.6. The van der Waals surface area contributed by atoms with Crippen LogP contribution in [-0.4, -0.2) is 171 Å². The minimum atomic E-state index is -2.01. The van der Waals surface area contributed by atoms with Crippen LogP contribution in [-0.2, 0) is 33.2 Å². The number of carbonyl (C=O) groups is 2. The predicted octanol–water partition coefficient (Wildman–Crippen LogP) is 2.39. The molecule has 0 saturated carbocycles. The Kier molecular flexibility index (Phi) is 17.2. The Labute approximate surface area is 340 Å². The van der Waals surface area contributed by atoms with E-state index < -0.39 is 108 Å². The van der Waals surface area contributed by atoms with Crippen molar-refractivity contribution in [2.45, 2.75) is 205 Å². The number of nitrogens with zero attached hydrogens (tertiary/aromatic N) is 2. The van der Waals surface area contributed by atoms with Crippen LogP contribution in [0.1, 0.15) is 109 Å². The van der Waals surface area contributed by atoms with Crippen molar-refractivity contribution in [1.82, 2.24) is 15.1 Å². The highest BCUT2D eigenvalue weighted by Crippen LogP contribution is 2.40. The first-order chi connectivity index (χ1) is 26.2. The van der Waals surface area contributed by atoms with Gasteiger partial charge < -0.3 is 69.1 Å². The second-order valence-corrected chi connectivity index (χ2v) is 18.5. The van der Waals surface area contributed by atoms with Crippen LogP contribution in [0, 0.1) is 17.8 Å². The van der Waals surface area contributed by atoms with Gasteiger partial charge in [0.1, 0.15) is 30.0 Å². The van der Waals surface area contributed by atoms with Gasteiger partial charge in [-0.2, -0.15) is 0 Å². The fourth-order valence-electron chi connectivity index (χ4n) is 9.11. The number of carbonyl (C=O) groups excluding carboxylic acids is 2. The molecule has 3 fully saturated rings. The number of nitrogens with one attached hydrogen (secondary N) is 1. The zero-order valence-electron chi connectivity index (χ0n) is 37.2. The van der Waals surface area contributed by atoms with Gasteiger partial charge in [0.05, 0.1) is 47.6 Å². The number of aliphatic hydroxyl groups is 5. The molecule has 16 heteroatoms. The third kappa shape index (κ3) is 11.6. The highest BCUT2D eigenvalue weighted by atomic mass is 16.7. The summed E-state index contributed by atoms with van der Waals surface area (Å²) in [5.41, 5.74) is -4.77. The summed E-state index contributed by atoms with van der Waals surface area (Å²) >= 11 is 0. The van der Waals surface area contributed by atoms with Gasteiger partial charge in [-0.25, -0.2) is 4.79 Å². The van der Waals surface area contributed by atoms with E-state index in [2.05, 4.69) is 5.32 Å². The van der Waals surface area contributed by atoms with Gasteiger partial charge in [0.15, 0.2) is 12.6 Å². The summed E-state index contributed by atoms with van der Waals surface area (Å²) in [6, 6.07) is -2.00. The molecule has 3 aliphatic heterocycles. The highest BCUT2D eigenvalue weighted by Gasteiger charge is 2.53. The van der Waals surface area contributed by atoms with Gasteiger partial charge in [-0.05, 0) is 102 Å². The number of aliphatic hydroxyl groups excluding tert-OH is 3. The van der Waals surface area contributed by atoms with Crippen LogP contribution in [0.5, 0.6) is 0 Å². The van der Waals surface area contributed by atoms with Crippen LogP contribution in [0.2, 0.25) is 0 Å². The molecule has 0 unspecified atom stereocenters. The van der Waals surface area contributed by atoms with Crippen molar-refractivity contribution in [3.8, 4) is 0 Å². The Morgan fingerprint density at radius 3 is 2.14 bits per heavy atom. The lowest BCUT2D eigenvalue weighted by molar-refractivity contribution is -0.318. The number of hydrogen-bond acceptors (Lipinski definition) is 14. The summed E-state index contributed by atoms with van der Waals surface area (Å²) in [7, 11) is 5.21. The molecule has 0 aromatic rings. The molecule has 2 amide bonds. The Balaban J connectivity index is 2.24. The number of rotatable bonds is 8. The van der Waals surface area contributed by atoms with Crippen molar-refractivity contribution in [2.24, 2.45) is 17.8 Å². The summed E-state index contributed by atoms with van der Waals surface area (Å²) in [6.45, 7) is 20.6. The van der Waals surface area contributed by atoms with Crippen molar-refractivity contribution >= 4 is 12.0 Å². The zero-order valence-corrected chi connectivity index (χ0v) is 37.2. The molecular formula is C41H77N3O13. The Morgan fingerprint density at radius 2 is 1.60 bits per heavy atom. The van der Waals surface area contributed by atoms with Gasteiger partial charge in [0, 0.05) is 38.1 Å². The van der Waals surface area contributed by atoms with Crippen molar-refractivity contribution in [3.63, 3.8) is 0 Å². The first kappa shape index (κ1) is 49.7. The number of esters is 1. The standard InChI is InChI=1S/C41H77N3O13/c1-16-29-41(12,51)33(46)26(8)44(38(49)42-21(2)3)20-22(4)18-39(10,50)35(57-37-31(45)28(43(13)14)17-23(5)53-37)24(6)32(25(7)36(48)55-29)56-30-19-40(11,52-15)34(47)27(9)54-30/h21-35,37,45-47,50-51H,16-20H2,1-15H3,(H,42,49)/t22-,23-,24+,25-,26-,27-,28-,29-,30-,31-,32+,33-,34-,35-,37+,39-,40+,41-/m1/s1. The molecular weight excluding hydrogens is 742 g/mol. The maximum absolute atomic E-state index is 14.4. The van der Waals surface area contributed by atoms with E-state index in [0.29, 0.717) is 6.42 Å². The van der Waals surface area contributed by atoms with E-state index in [1.807, 2.05) is 46.7 Å². The molecule has 0 spiro atoms. The van der Waals surface area contributed by atoms with E-state index in [4.69, 9.17) is 28.4 Å². The predicted molar refractivity (Wildman–Crippen MR) is 212 cm³/mol. The van der Waals surface area contributed by atoms with Gasteiger partial charge in [-0.1, -0.05) is 20.8 Å². The molecule has 3 saturated heterocycles. The molecule has 0 aromatic carbocycles. The average molecular weight is 820 g/mol. The molecule has 16 nitrogen and oxygen atoms in total. The third-order valence-corrected chi connectivity index (χ3v) is 12.6. The maximum atomic E-state index is 14.4. The average Bonchev–Trinajstić information content (AvgIpc) is 3.11. The van der Waals surface area contributed by atoms with E-state index in [1.165, 1.54) is 18.9 Å². The first-order valence-electron chi connectivity index (χ1n) is 20.8. The minimum Gasteiger partial charge on any atom is -0.459 e. The van der Waals surface area contributed by atoms with Crippen LogP contribution in [0.25, 0.3) is 0 Å². The van der Waals surface area contributed by atoms with Crippen LogP contribution >= 0.6 is 0 Å². The number of cyclic esters (lactones) is 1. The summed E-state index contributed by atoms with van der Waals surface area (Å²) in [5.74, 6) is -3.10. The molecule has 0 aromatic heterocycles. The van der Waals surface area contributed by atoms with Crippen molar-refractivity contribution in [1.29, 1.82) is 0 Å². The number of likely N-dealkylation sites (N-methyl/N-ethyl adjacent to an activating group) is 1. The zero-order chi connectivity index (χ0) is 43.5. The van der Waals surface area contributed by atoms with E-state index in [1.54, 1.807) is 48.5 Å². The van der Waals surface area contributed by atoms with Gasteiger partial charge in [0.25, 0.3) is 0 Å². The van der Waals surface area contributed by atoms with Gasteiger partial charge in [-0.3, -0.25) is 4.79 Å². The largest absolute Gasteiger partial charge is 0.459 e. The summed E-state index contributed by atoms with van der Waals surface area (Å²) in [6.07, 6.45) is -9.47. The van der Waals surface area contributed by atoms with Crippen LogP contribution in [0.4, 0.5) is 4.79 Å². The second-order valence-electron chi connectivity index (χ2n) is 18.5. The van der Waals surface area contributed by atoms with Crippen molar-refractivity contribution in [3.05, 3.63) is 0 Å². The van der Waals surface area contributed by atoms with E-state index in [-0.39, 0.29) is 44.0 Å². The van der Waals surface area contributed by atoms with Crippen molar-refractivity contribution < 1.29 is 63.5 Å². The molecule has 3 aliphatic rings. The number of urea groups is 1. The third-order valence-electron chi connectivity index (χ3n) is 12.6. The molecule has 57 heavy (non-hydrogen) atoms. The molecule has 3 rings (SSSR count). The fourth-order valence-corrected chi connectivity index (χ4v) is 9.11. The fraction of sp³-hybridized carbons (Fsp3) is 0.951. The van der Waals surface area contributed by atoms with Gasteiger partial charge in [-0.15, -0.1) is 0 Å². The Morgan fingerprint density at radius 1 is 0.982 bits per heavy atom. The Hall–Kier alpha value is -1.70. The first-order valence-corrected chi connectivity index (χ1v) is 20.8. The van der Waals surface area contributed by atoms with Gasteiger partial charge >= 0.3 is 12.0 Å². The topological polar surface area (TPSA) is 209 Å². The SMILES string of the molecule is CC[C@H]1OC(=O)[C@H](C)[C@@H](O[C@@H]2C[C@](C)(OC)[C@H](O)[C@@H](C)O2)[C@H](C)[C@@H](O[C@@H]2O[C@H](C)C[C@@H](N(C)C)[C@H]2O)[C@](C)(O)C[C@@H](C)CN(C(=O)NC(C)C)[C@H](C)[C@@H](O)[C@]1(C)O. The lowest BCUT2D eigenvalue weighted by Gasteiger charge is -2.48. The second kappa shape index (κ2) is 19.8. The van der Waals surface area contributed by atoms with Crippen LogP contribution in [0.3, 0.4) is 0 Å². The number of amides is 2. The number of hydrogen-bond donors (Lipinski definition) is 6. The number of ether oxygens (including phenoxy) is 6. The molecule has 18 atom stereocenters. The molecule has 0 bridgehead atoms. The highest BCUT2D eigenvalue weighted by molar-refractivity contribution is 5.75. The summed E-state index contributed by atoms with van der Waals surface area (Å²) in [4.78, 5) is 31.4. The minimum absolute atomic E-state index is 0.0518. The van der Waals surface area contributed by atoms with E-state index >= 15 is 0 Å². The molecule has 6 N–H and O–H groups in total. The smallest absolute Gasteiger partial charge is 0.317 e. The monoisotopic (exact) mass is 820 g/mol. The van der Waals surface area contributed by atoms with E-state index in [9.17, 15) is 35.1 Å². The Bertz CT molecular complexity index is 1300. The van der Waals surface area contributed by atoms with Crippen molar-refractivity contribution in [2.75, 3.05) is 27.7 Å². The molecule has 0 aliphatic carbocycles. The van der Waals surface area contributed by atoms with Gasteiger partial charge in [0.2, 0.25) is 0 Å².